The molecule has 0 rings (SSSR count). The number of carboxylic acids is 2. The second-order valence-electron chi connectivity index (χ2n) is 3.12. The molecule has 3 N–H and O–H groups in total. The third-order valence-corrected chi connectivity index (χ3v) is 2.40. The minimum absolute atomic E-state index is 0.158. The lowest BCUT2D eigenvalue weighted by Gasteiger charge is -2.27. The number of hydrogen-bond acceptors (Lipinski definition) is 4. The maximum absolute atomic E-state index is 10.9. The number of aliphatic carboxylic acids is 2. The zero-order valence-electron chi connectivity index (χ0n) is 8.19. The van der Waals surface area contributed by atoms with Gasteiger partial charge in [0.15, 0.2) is 0 Å². The smallest absolute Gasteiger partial charge is 0.330 e. The van der Waals surface area contributed by atoms with Crippen molar-refractivity contribution in [3.63, 3.8) is 0 Å². The Morgan fingerprint density at radius 2 is 1.87 bits per heavy atom. The number of carbonyl (C=O) groups excluding carboxylic acids is 1. The molecule has 0 unspecified atom stereocenters. The Morgan fingerprint density at radius 3 is 2.13 bits per heavy atom. The van der Waals surface area contributed by atoms with Gasteiger partial charge in [0.05, 0.1) is 0 Å². The zero-order valence-corrected chi connectivity index (χ0v) is 9.08. The Hall–Kier alpha value is -1.24. The summed E-state index contributed by atoms with van der Waals surface area (Å²) >= 11 is 3.83. The van der Waals surface area contributed by atoms with Crippen molar-refractivity contribution in [2.24, 2.45) is 0 Å². The van der Waals surface area contributed by atoms with Crippen LogP contribution < -0.4 is 5.32 Å². The van der Waals surface area contributed by atoms with Crippen LogP contribution >= 0.6 is 12.6 Å². The van der Waals surface area contributed by atoms with Crippen LogP contribution in [0, 0.1) is 0 Å². The molecule has 0 aromatic rings. The highest BCUT2D eigenvalue weighted by Crippen LogP contribution is 2.15. The third kappa shape index (κ3) is 4.20. The molecule has 0 saturated carbocycles. The summed E-state index contributed by atoms with van der Waals surface area (Å²) in [5.41, 5.74) is -1.60. The van der Waals surface area contributed by atoms with E-state index >= 15 is 0 Å². The van der Waals surface area contributed by atoms with Gasteiger partial charge in [-0.05, 0) is 6.42 Å². The van der Waals surface area contributed by atoms with Crippen molar-refractivity contribution in [3.8, 4) is 0 Å². The second kappa shape index (κ2) is 5.59. The summed E-state index contributed by atoms with van der Waals surface area (Å²) in [6, 6.07) is 0. The van der Waals surface area contributed by atoms with Crippen molar-refractivity contribution in [3.05, 3.63) is 0 Å². The van der Waals surface area contributed by atoms with Gasteiger partial charge in [-0.2, -0.15) is 12.6 Å². The highest BCUT2D eigenvalue weighted by Gasteiger charge is 2.38. The first-order valence-electron chi connectivity index (χ1n) is 4.19. The largest absolute Gasteiger partial charge is 0.481 e. The van der Waals surface area contributed by atoms with E-state index in [0.29, 0.717) is 0 Å². The summed E-state index contributed by atoms with van der Waals surface area (Å²) in [5.74, 6) is -3.09. The van der Waals surface area contributed by atoms with Gasteiger partial charge < -0.3 is 15.5 Å². The van der Waals surface area contributed by atoms with Gasteiger partial charge in [-0.3, -0.25) is 9.59 Å². The molecular weight excluding hydrogens is 222 g/mol. The third-order valence-electron chi connectivity index (χ3n) is 1.86. The first kappa shape index (κ1) is 13.8. The van der Waals surface area contributed by atoms with Crippen LogP contribution in [0.15, 0.2) is 0 Å². The standard InChI is InChI=1S/C8H13NO5S/c1-5(10)9-8(4-15,7(13)14)3-2-6(11)12/h15H,2-4H2,1H3,(H,9,10)(H,11,12)(H,13,14)/t8-/m0/s1. The van der Waals surface area contributed by atoms with Crippen LogP contribution in [0.3, 0.4) is 0 Å². The van der Waals surface area contributed by atoms with Crippen LogP contribution in [-0.4, -0.2) is 39.4 Å². The monoisotopic (exact) mass is 235 g/mol. The lowest BCUT2D eigenvalue weighted by molar-refractivity contribution is -0.147. The van der Waals surface area contributed by atoms with Crippen molar-refractivity contribution >= 4 is 30.5 Å². The summed E-state index contributed by atoms with van der Waals surface area (Å²) in [6.07, 6.45) is -0.534. The van der Waals surface area contributed by atoms with Crippen LogP contribution in [-0.2, 0) is 14.4 Å². The number of nitrogens with one attached hydrogen (secondary N) is 1. The molecule has 7 heteroatoms. The van der Waals surface area contributed by atoms with Gasteiger partial charge in [-0.1, -0.05) is 0 Å². The molecule has 1 atom stereocenters. The summed E-state index contributed by atoms with van der Waals surface area (Å²) in [6.45, 7) is 1.17. The maximum atomic E-state index is 10.9. The lowest BCUT2D eigenvalue weighted by Crippen LogP contribution is -2.55. The molecule has 0 radical (unpaired) electrons. The van der Waals surface area contributed by atoms with Gasteiger partial charge in [0.25, 0.3) is 0 Å². The van der Waals surface area contributed by atoms with Crippen molar-refractivity contribution in [1.82, 2.24) is 5.32 Å². The van der Waals surface area contributed by atoms with Crippen molar-refractivity contribution < 1.29 is 24.6 Å². The number of carbonyl (C=O) groups is 3. The quantitative estimate of drug-likeness (QED) is 0.475. The van der Waals surface area contributed by atoms with Crippen molar-refractivity contribution in [2.45, 2.75) is 25.3 Å². The Balaban J connectivity index is 4.72. The number of amides is 1. The van der Waals surface area contributed by atoms with E-state index < -0.39 is 23.4 Å². The SMILES string of the molecule is CC(=O)N[C@](CS)(CCC(=O)O)C(=O)O. The molecule has 0 spiro atoms. The summed E-state index contributed by atoms with van der Waals surface area (Å²) in [4.78, 5) is 32.1. The number of rotatable bonds is 6. The van der Waals surface area contributed by atoms with Crippen LogP contribution in [0.1, 0.15) is 19.8 Å². The van der Waals surface area contributed by atoms with E-state index in [9.17, 15) is 14.4 Å². The molecule has 0 heterocycles. The topological polar surface area (TPSA) is 104 Å². The molecule has 0 aliphatic heterocycles. The molecule has 6 nitrogen and oxygen atoms in total. The van der Waals surface area contributed by atoms with Crippen LogP contribution in [0.25, 0.3) is 0 Å². The molecule has 1 amide bonds. The Labute approximate surface area is 92.1 Å². The molecule has 86 valence electrons. The van der Waals surface area contributed by atoms with Crippen LogP contribution in [0.2, 0.25) is 0 Å². The van der Waals surface area contributed by atoms with E-state index in [1.807, 2.05) is 0 Å². The molecule has 0 aromatic carbocycles. The first-order valence-corrected chi connectivity index (χ1v) is 4.82. The average molecular weight is 235 g/mol. The van der Waals surface area contributed by atoms with Crippen LogP contribution in [0.5, 0.6) is 0 Å². The van der Waals surface area contributed by atoms with Crippen molar-refractivity contribution in [1.29, 1.82) is 0 Å². The Morgan fingerprint density at radius 1 is 1.33 bits per heavy atom. The Bertz CT molecular complexity index is 280. The average Bonchev–Trinajstić information content (AvgIpc) is 2.11. The number of hydrogen-bond donors (Lipinski definition) is 4. The van der Waals surface area contributed by atoms with E-state index in [2.05, 4.69) is 17.9 Å². The van der Waals surface area contributed by atoms with Gasteiger partial charge >= 0.3 is 11.9 Å². The zero-order chi connectivity index (χ0) is 12.1. The van der Waals surface area contributed by atoms with Gasteiger partial charge in [0, 0.05) is 19.1 Å². The maximum Gasteiger partial charge on any atom is 0.330 e. The fourth-order valence-corrected chi connectivity index (χ4v) is 1.44. The molecule has 0 aliphatic rings. The summed E-state index contributed by atoms with van der Waals surface area (Å²) in [7, 11) is 0. The van der Waals surface area contributed by atoms with Crippen molar-refractivity contribution in [2.75, 3.05) is 5.75 Å². The summed E-state index contributed by atoms with van der Waals surface area (Å²) in [5, 5.41) is 19.6. The van der Waals surface area contributed by atoms with E-state index in [-0.39, 0.29) is 18.6 Å². The van der Waals surface area contributed by atoms with E-state index in [1.165, 1.54) is 6.92 Å². The molecule has 0 fully saturated rings. The van der Waals surface area contributed by atoms with Gasteiger partial charge in [0.1, 0.15) is 5.54 Å². The predicted octanol–water partition coefficient (Wildman–Crippen LogP) is -0.260. The molecular formula is C8H13NO5S. The van der Waals surface area contributed by atoms with Gasteiger partial charge in [-0.15, -0.1) is 0 Å². The minimum Gasteiger partial charge on any atom is -0.481 e. The van der Waals surface area contributed by atoms with Crippen LogP contribution in [0.4, 0.5) is 0 Å². The lowest BCUT2D eigenvalue weighted by atomic mass is 9.95. The minimum atomic E-state index is -1.60. The van der Waals surface area contributed by atoms with E-state index in [4.69, 9.17) is 10.2 Å². The highest BCUT2D eigenvalue weighted by atomic mass is 32.1. The fraction of sp³-hybridized carbons (Fsp3) is 0.625. The molecule has 0 bridgehead atoms. The normalized spacial score (nSPS) is 14.0. The predicted molar refractivity (Wildman–Crippen MR) is 54.9 cm³/mol. The fourth-order valence-electron chi connectivity index (χ4n) is 1.07. The molecule has 0 saturated heterocycles. The number of carboxylic acid groups (broad SMARTS) is 2. The summed E-state index contributed by atoms with van der Waals surface area (Å²) < 4.78 is 0. The second-order valence-corrected chi connectivity index (χ2v) is 3.44. The van der Waals surface area contributed by atoms with E-state index in [0.717, 1.165) is 0 Å². The molecule has 15 heavy (non-hydrogen) atoms. The van der Waals surface area contributed by atoms with Gasteiger partial charge in [0.2, 0.25) is 5.91 Å². The Kier molecular flexibility index (Phi) is 5.13. The highest BCUT2D eigenvalue weighted by molar-refractivity contribution is 7.80. The van der Waals surface area contributed by atoms with E-state index in [1.54, 1.807) is 0 Å². The molecule has 0 aliphatic carbocycles. The number of thiol groups is 1. The first-order chi connectivity index (χ1) is 6.84. The van der Waals surface area contributed by atoms with Gasteiger partial charge in [-0.25, -0.2) is 4.79 Å². The molecule has 0 aromatic heterocycles.